The van der Waals surface area contributed by atoms with E-state index in [1.165, 1.54) is 0 Å². The molecule has 0 bridgehead atoms. The minimum atomic E-state index is -4.71. The first kappa shape index (κ1) is 19.4. The predicted molar refractivity (Wildman–Crippen MR) is 90.8 cm³/mol. The van der Waals surface area contributed by atoms with Crippen molar-refractivity contribution in [3.8, 4) is 0 Å². The molecule has 0 radical (unpaired) electrons. The molecule has 3 rings (SSSR count). The number of hydrogen-bond donors (Lipinski definition) is 2. The third-order valence-corrected chi connectivity index (χ3v) is 4.92. The van der Waals surface area contributed by atoms with Gasteiger partial charge in [0.25, 0.3) is 5.56 Å². The number of nitrogens with one attached hydrogen (secondary N) is 2. The number of benzene rings is 1. The van der Waals surface area contributed by atoms with Crippen LogP contribution in [0.3, 0.4) is 0 Å². The highest BCUT2D eigenvalue weighted by atomic mass is 32.2. The van der Waals surface area contributed by atoms with Crippen LogP contribution in [0.15, 0.2) is 21.7 Å². The smallest absolute Gasteiger partial charge is 0.378 e. The van der Waals surface area contributed by atoms with Crippen LogP contribution in [0.5, 0.6) is 0 Å². The maximum absolute atomic E-state index is 13.6. The summed E-state index contributed by atoms with van der Waals surface area (Å²) in [7, 11) is -3.96. The maximum Gasteiger partial charge on any atom is 0.416 e. The zero-order chi connectivity index (χ0) is 20.1. The Morgan fingerprint density at radius 3 is 2.48 bits per heavy atom. The molecule has 1 aliphatic heterocycles. The molecule has 0 saturated carbocycles. The van der Waals surface area contributed by atoms with Gasteiger partial charge in [0, 0.05) is 12.5 Å². The van der Waals surface area contributed by atoms with E-state index in [2.05, 4.69) is 4.98 Å². The minimum absolute atomic E-state index is 0.130. The average molecular weight is 407 g/mol. The first-order chi connectivity index (χ1) is 12.4. The molecular weight excluding hydrogens is 391 g/mol. The summed E-state index contributed by atoms with van der Waals surface area (Å²) in [6.07, 6.45) is -4.11. The summed E-state index contributed by atoms with van der Waals surface area (Å²) in [5, 5.41) is -0.243. The van der Waals surface area contributed by atoms with Crippen LogP contribution in [0.2, 0.25) is 0 Å². The van der Waals surface area contributed by atoms with E-state index in [0.29, 0.717) is 12.5 Å². The van der Waals surface area contributed by atoms with Crippen LogP contribution in [0.4, 0.5) is 13.2 Å². The SMILES string of the molecule is C[C@@H]1OCC[C@@H]1c1cc2c(=O)n(NS(C)(=O)=O)c(=O)[nH]c2cc1C(F)(F)F. The summed E-state index contributed by atoms with van der Waals surface area (Å²) in [6, 6.07) is 1.75. The second kappa shape index (κ2) is 6.37. The molecule has 1 fully saturated rings. The molecule has 8 nitrogen and oxygen atoms in total. The lowest BCUT2D eigenvalue weighted by Crippen LogP contribution is -2.43. The minimum Gasteiger partial charge on any atom is -0.378 e. The molecule has 148 valence electrons. The van der Waals surface area contributed by atoms with E-state index in [0.717, 1.165) is 12.3 Å². The van der Waals surface area contributed by atoms with E-state index in [-0.39, 0.29) is 27.7 Å². The Kier molecular flexibility index (Phi) is 4.58. The van der Waals surface area contributed by atoms with E-state index in [1.54, 1.807) is 11.8 Å². The molecule has 0 unspecified atom stereocenters. The van der Waals surface area contributed by atoms with Crippen molar-refractivity contribution in [2.75, 3.05) is 17.7 Å². The fraction of sp³-hybridized carbons (Fsp3) is 0.467. The van der Waals surface area contributed by atoms with Crippen molar-refractivity contribution in [2.24, 2.45) is 0 Å². The molecule has 1 aromatic carbocycles. The topological polar surface area (TPSA) is 110 Å². The van der Waals surface area contributed by atoms with Gasteiger partial charge < -0.3 is 9.72 Å². The van der Waals surface area contributed by atoms with Crippen molar-refractivity contribution in [3.05, 3.63) is 44.1 Å². The number of nitrogens with zero attached hydrogens (tertiary/aromatic N) is 1. The Bertz CT molecular complexity index is 1120. The zero-order valence-electron chi connectivity index (χ0n) is 14.3. The first-order valence-electron chi connectivity index (χ1n) is 7.88. The molecule has 2 heterocycles. The molecule has 2 aromatic rings. The summed E-state index contributed by atoms with van der Waals surface area (Å²) in [5.74, 6) is -0.589. The average Bonchev–Trinajstić information content (AvgIpc) is 2.94. The van der Waals surface area contributed by atoms with Crippen LogP contribution in [0.25, 0.3) is 10.9 Å². The van der Waals surface area contributed by atoms with E-state index >= 15 is 0 Å². The summed E-state index contributed by atoms with van der Waals surface area (Å²) < 4.78 is 68.9. The maximum atomic E-state index is 13.6. The van der Waals surface area contributed by atoms with Gasteiger partial charge in [0.05, 0.1) is 28.8 Å². The third kappa shape index (κ3) is 3.72. The summed E-state index contributed by atoms with van der Waals surface area (Å²) in [6.45, 7) is 1.92. The molecule has 0 amide bonds. The van der Waals surface area contributed by atoms with Crippen LogP contribution in [0, 0.1) is 0 Å². The molecule has 1 aliphatic rings. The number of hydrogen-bond acceptors (Lipinski definition) is 5. The van der Waals surface area contributed by atoms with E-state index in [4.69, 9.17) is 4.74 Å². The number of fused-ring (bicyclic) bond motifs is 1. The molecule has 2 atom stereocenters. The highest BCUT2D eigenvalue weighted by molar-refractivity contribution is 7.91. The zero-order valence-corrected chi connectivity index (χ0v) is 15.1. The quantitative estimate of drug-likeness (QED) is 0.792. The molecule has 2 N–H and O–H groups in total. The highest BCUT2D eigenvalue weighted by Crippen LogP contribution is 2.41. The Hall–Kier alpha value is -2.34. The lowest BCUT2D eigenvalue weighted by molar-refractivity contribution is -0.138. The van der Waals surface area contributed by atoms with Gasteiger partial charge in [0.1, 0.15) is 0 Å². The van der Waals surface area contributed by atoms with Gasteiger partial charge in [-0.1, -0.05) is 0 Å². The number of ether oxygens (including phenoxy) is 1. The molecule has 1 aromatic heterocycles. The predicted octanol–water partition coefficient (Wildman–Crippen LogP) is 1.10. The number of sulfonamides is 1. The number of halogens is 3. The fourth-order valence-electron chi connectivity index (χ4n) is 3.22. The molecule has 0 aliphatic carbocycles. The fourth-order valence-corrected chi connectivity index (χ4v) is 3.72. The second-order valence-corrected chi connectivity index (χ2v) is 8.11. The molecule has 12 heteroatoms. The Morgan fingerprint density at radius 1 is 1.30 bits per heavy atom. The van der Waals surface area contributed by atoms with Crippen molar-refractivity contribution in [1.29, 1.82) is 0 Å². The van der Waals surface area contributed by atoms with Crippen molar-refractivity contribution >= 4 is 20.9 Å². The standard InChI is InChI=1S/C15H16F3N3O5S/c1-7-8(3-4-26-7)9-5-10-12(6-11(9)15(16,17)18)19-14(23)21(13(10)22)20-27(2,24)25/h5-8,20H,3-4H2,1-2H3,(H,19,23)/t7-,8-/m0/s1. The van der Waals surface area contributed by atoms with Gasteiger partial charge in [0.2, 0.25) is 10.0 Å². The van der Waals surface area contributed by atoms with Gasteiger partial charge in [-0.2, -0.15) is 17.8 Å². The van der Waals surface area contributed by atoms with Gasteiger partial charge >= 0.3 is 11.9 Å². The van der Waals surface area contributed by atoms with Crippen LogP contribution < -0.4 is 16.1 Å². The van der Waals surface area contributed by atoms with Gasteiger partial charge in [-0.25, -0.2) is 18.0 Å². The van der Waals surface area contributed by atoms with Crippen molar-refractivity contribution in [1.82, 2.24) is 9.66 Å². The Labute approximate surface area is 151 Å². The summed E-state index contributed by atoms with van der Waals surface area (Å²) >= 11 is 0. The Balaban J connectivity index is 2.33. The third-order valence-electron chi connectivity index (χ3n) is 4.41. The number of aromatic nitrogens is 2. The van der Waals surface area contributed by atoms with Gasteiger partial charge in [-0.05, 0) is 31.0 Å². The summed E-state index contributed by atoms with van der Waals surface area (Å²) in [4.78, 5) is 28.4. The van der Waals surface area contributed by atoms with E-state index < -0.39 is 45.0 Å². The highest BCUT2D eigenvalue weighted by Gasteiger charge is 2.38. The Morgan fingerprint density at radius 2 is 1.96 bits per heavy atom. The van der Waals surface area contributed by atoms with Crippen molar-refractivity contribution < 1.29 is 26.3 Å². The number of alkyl halides is 3. The van der Waals surface area contributed by atoms with Gasteiger partial charge in [0.15, 0.2) is 0 Å². The second-order valence-electron chi connectivity index (χ2n) is 6.39. The molecular formula is C15H16F3N3O5S. The van der Waals surface area contributed by atoms with Crippen molar-refractivity contribution in [2.45, 2.75) is 31.5 Å². The first-order valence-corrected chi connectivity index (χ1v) is 9.77. The normalized spacial score (nSPS) is 20.9. The number of H-pyrrole nitrogens is 1. The number of rotatable bonds is 3. The molecule has 1 saturated heterocycles. The van der Waals surface area contributed by atoms with Crippen molar-refractivity contribution in [3.63, 3.8) is 0 Å². The number of aromatic amines is 1. The molecule has 27 heavy (non-hydrogen) atoms. The van der Waals surface area contributed by atoms with E-state index in [9.17, 15) is 31.2 Å². The summed E-state index contributed by atoms with van der Waals surface area (Å²) in [5.41, 5.74) is -3.70. The van der Waals surface area contributed by atoms with Crippen LogP contribution in [-0.4, -0.2) is 37.0 Å². The van der Waals surface area contributed by atoms with Gasteiger partial charge in [-0.3, -0.25) is 4.79 Å². The van der Waals surface area contributed by atoms with Crippen LogP contribution in [0.1, 0.15) is 30.4 Å². The lowest BCUT2D eigenvalue weighted by Gasteiger charge is -2.21. The lowest BCUT2D eigenvalue weighted by atomic mass is 9.88. The largest absolute Gasteiger partial charge is 0.416 e. The monoisotopic (exact) mass is 407 g/mol. The van der Waals surface area contributed by atoms with E-state index in [1.807, 2.05) is 0 Å². The molecule has 0 spiro atoms. The van der Waals surface area contributed by atoms with Gasteiger partial charge in [-0.15, -0.1) is 0 Å². The van der Waals surface area contributed by atoms with Crippen LogP contribution >= 0.6 is 0 Å². The van der Waals surface area contributed by atoms with Crippen LogP contribution in [-0.2, 0) is 20.9 Å².